The fraction of sp³-hybridized carbons (Fsp3) is 0.364. The molecule has 3 N–H and O–H groups in total. The molecule has 6 nitrogen and oxygen atoms in total. The van der Waals surface area contributed by atoms with Gasteiger partial charge in [-0.05, 0) is 24.6 Å². The van der Waals surface area contributed by atoms with Crippen molar-refractivity contribution >= 4 is 33.2 Å². The first-order chi connectivity index (χ1) is 8.65. The normalized spacial score (nSPS) is 11.4. The van der Waals surface area contributed by atoms with Crippen molar-refractivity contribution in [1.29, 1.82) is 0 Å². The van der Waals surface area contributed by atoms with Crippen LogP contribution in [0.25, 0.3) is 0 Å². The van der Waals surface area contributed by atoms with Crippen molar-refractivity contribution in [3.63, 3.8) is 0 Å². The van der Waals surface area contributed by atoms with E-state index < -0.39 is 10.0 Å². The molecule has 1 rings (SSSR count). The molecular formula is C11H16ClN3O3S. The number of nitrogens with one attached hydrogen (secondary N) is 1. The fourth-order valence-corrected chi connectivity index (χ4v) is 2.52. The van der Waals surface area contributed by atoms with Crippen molar-refractivity contribution < 1.29 is 13.2 Å². The number of sulfonamides is 1. The Morgan fingerprint density at radius 1 is 1.42 bits per heavy atom. The predicted octanol–water partition coefficient (Wildman–Crippen LogP) is 0.597. The molecule has 1 amide bonds. The molecule has 19 heavy (non-hydrogen) atoms. The Labute approximate surface area is 117 Å². The summed E-state index contributed by atoms with van der Waals surface area (Å²) >= 11 is 5.87. The van der Waals surface area contributed by atoms with Crippen molar-refractivity contribution in [2.75, 3.05) is 26.4 Å². The van der Waals surface area contributed by atoms with E-state index in [1.165, 1.54) is 17.0 Å². The summed E-state index contributed by atoms with van der Waals surface area (Å²) in [5.41, 5.74) is 6.36. The number of benzene rings is 1. The average Bonchev–Trinajstić information content (AvgIpc) is 2.32. The Hall–Kier alpha value is -1.31. The Balaban J connectivity index is 2.99. The minimum absolute atomic E-state index is 0.0153. The number of amides is 1. The van der Waals surface area contributed by atoms with Crippen molar-refractivity contribution in [2.24, 2.45) is 0 Å². The maximum Gasteiger partial charge on any atom is 0.241 e. The van der Waals surface area contributed by atoms with Crippen LogP contribution < -0.4 is 10.5 Å². The van der Waals surface area contributed by atoms with Gasteiger partial charge in [0.2, 0.25) is 15.9 Å². The zero-order valence-corrected chi connectivity index (χ0v) is 12.5. The highest BCUT2D eigenvalue weighted by Crippen LogP contribution is 2.26. The van der Waals surface area contributed by atoms with Gasteiger partial charge in [-0.15, -0.1) is 0 Å². The lowest BCUT2D eigenvalue weighted by atomic mass is 10.2. The zero-order chi connectivity index (χ0) is 14.8. The number of aryl methyl sites for hydroxylation is 1. The van der Waals surface area contributed by atoms with Crippen LogP contribution in [0.3, 0.4) is 0 Å². The second-order valence-corrected chi connectivity index (χ2v) is 6.40. The lowest BCUT2D eigenvalue weighted by molar-refractivity contribution is -0.127. The van der Waals surface area contributed by atoms with E-state index >= 15 is 0 Å². The van der Waals surface area contributed by atoms with Crippen LogP contribution >= 0.6 is 11.6 Å². The summed E-state index contributed by atoms with van der Waals surface area (Å²) in [5, 5.41) is 0.323. The summed E-state index contributed by atoms with van der Waals surface area (Å²) in [4.78, 5) is 12.6. The second kappa shape index (κ2) is 5.77. The average molecular weight is 306 g/mol. The van der Waals surface area contributed by atoms with Gasteiger partial charge < -0.3 is 10.6 Å². The van der Waals surface area contributed by atoms with Gasteiger partial charge in [0, 0.05) is 14.1 Å². The highest BCUT2D eigenvalue weighted by Gasteiger charge is 2.18. The van der Waals surface area contributed by atoms with Gasteiger partial charge in [-0.25, -0.2) is 13.1 Å². The molecule has 0 aromatic heterocycles. The van der Waals surface area contributed by atoms with E-state index in [0.29, 0.717) is 10.6 Å². The maximum absolute atomic E-state index is 12.0. The summed E-state index contributed by atoms with van der Waals surface area (Å²) in [6.45, 7) is 1.35. The predicted molar refractivity (Wildman–Crippen MR) is 74.5 cm³/mol. The quantitative estimate of drug-likeness (QED) is 0.797. The van der Waals surface area contributed by atoms with Gasteiger partial charge in [0.05, 0.1) is 22.2 Å². The van der Waals surface area contributed by atoms with E-state index in [1.807, 2.05) is 0 Å². The molecule has 0 heterocycles. The first kappa shape index (κ1) is 15.7. The van der Waals surface area contributed by atoms with Crippen LogP contribution in [0, 0.1) is 6.92 Å². The number of hydrogen-bond acceptors (Lipinski definition) is 4. The highest BCUT2D eigenvalue weighted by molar-refractivity contribution is 7.89. The molecule has 1 aromatic rings. The van der Waals surface area contributed by atoms with Crippen LogP contribution in [0.4, 0.5) is 5.69 Å². The number of halogens is 1. The molecule has 0 saturated heterocycles. The van der Waals surface area contributed by atoms with Crippen LogP contribution in [0.15, 0.2) is 17.0 Å². The third kappa shape index (κ3) is 3.82. The van der Waals surface area contributed by atoms with E-state index in [-0.39, 0.29) is 23.0 Å². The van der Waals surface area contributed by atoms with E-state index in [2.05, 4.69) is 4.72 Å². The SMILES string of the molecule is Cc1cc(S(=O)(=O)NCC(=O)N(C)C)cc(N)c1Cl. The number of anilines is 1. The van der Waals surface area contributed by atoms with E-state index in [1.54, 1.807) is 21.0 Å². The molecule has 0 saturated carbocycles. The summed E-state index contributed by atoms with van der Waals surface area (Å²) in [6, 6.07) is 2.67. The summed E-state index contributed by atoms with van der Waals surface area (Å²) < 4.78 is 26.2. The first-order valence-electron chi connectivity index (χ1n) is 5.40. The van der Waals surface area contributed by atoms with Crippen molar-refractivity contribution in [3.05, 3.63) is 22.7 Å². The number of nitrogens with zero attached hydrogens (tertiary/aromatic N) is 1. The molecule has 0 spiro atoms. The van der Waals surface area contributed by atoms with Crippen molar-refractivity contribution in [1.82, 2.24) is 9.62 Å². The minimum atomic E-state index is -3.79. The molecule has 0 aliphatic rings. The number of likely N-dealkylation sites (N-methyl/N-ethyl adjacent to an activating group) is 1. The van der Waals surface area contributed by atoms with Gasteiger partial charge in [0.15, 0.2) is 0 Å². The molecule has 0 aliphatic heterocycles. The van der Waals surface area contributed by atoms with E-state index in [4.69, 9.17) is 17.3 Å². The van der Waals surface area contributed by atoms with Gasteiger partial charge in [-0.3, -0.25) is 4.79 Å². The highest BCUT2D eigenvalue weighted by atomic mass is 35.5. The Kier molecular flexibility index (Phi) is 4.78. The van der Waals surface area contributed by atoms with Crippen LogP contribution in [0.1, 0.15) is 5.56 Å². The Morgan fingerprint density at radius 3 is 2.47 bits per heavy atom. The molecule has 0 aliphatic carbocycles. The fourth-order valence-electron chi connectivity index (χ4n) is 1.32. The monoisotopic (exact) mass is 305 g/mol. The summed E-state index contributed by atoms with van der Waals surface area (Å²) in [6.07, 6.45) is 0. The van der Waals surface area contributed by atoms with Gasteiger partial charge in [0.25, 0.3) is 0 Å². The second-order valence-electron chi connectivity index (χ2n) is 4.26. The molecule has 0 fully saturated rings. The van der Waals surface area contributed by atoms with Gasteiger partial charge in [-0.1, -0.05) is 11.6 Å². The van der Waals surface area contributed by atoms with Crippen LogP contribution in [-0.2, 0) is 14.8 Å². The maximum atomic E-state index is 12.0. The molecule has 0 atom stereocenters. The number of nitrogens with two attached hydrogens (primary N) is 1. The summed E-state index contributed by atoms with van der Waals surface area (Å²) in [7, 11) is -0.701. The topological polar surface area (TPSA) is 92.5 Å². The van der Waals surface area contributed by atoms with Crippen molar-refractivity contribution in [3.8, 4) is 0 Å². The lowest BCUT2D eigenvalue weighted by Crippen LogP contribution is -2.36. The van der Waals surface area contributed by atoms with Crippen molar-refractivity contribution in [2.45, 2.75) is 11.8 Å². The molecule has 0 bridgehead atoms. The molecular weight excluding hydrogens is 290 g/mol. The Bertz CT molecular complexity index is 576. The minimum Gasteiger partial charge on any atom is -0.397 e. The van der Waals surface area contributed by atoms with Crippen LogP contribution in [0.5, 0.6) is 0 Å². The largest absolute Gasteiger partial charge is 0.397 e. The van der Waals surface area contributed by atoms with Crippen LogP contribution in [0.2, 0.25) is 5.02 Å². The first-order valence-corrected chi connectivity index (χ1v) is 7.26. The number of carbonyl (C=O) groups is 1. The number of carbonyl (C=O) groups excluding carboxylic acids is 1. The number of hydrogen-bond donors (Lipinski definition) is 2. The zero-order valence-electron chi connectivity index (χ0n) is 10.9. The molecule has 106 valence electrons. The van der Waals surface area contributed by atoms with Gasteiger partial charge >= 0.3 is 0 Å². The number of nitrogen functional groups attached to an aromatic ring is 1. The third-order valence-corrected chi connectivity index (χ3v) is 4.38. The molecule has 0 unspecified atom stereocenters. The molecule has 8 heteroatoms. The van der Waals surface area contributed by atoms with Crippen LogP contribution in [-0.4, -0.2) is 39.9 Å². The molecule has 1 aromatic carbocycles. The van der Waals surface area contributed by atoms with E-state index in [9.17, 15) is 13.2 Å². The third-order valence-electron chi connectivity index (χ3n) is 2.48. The number of rotatable bonds is 4. The standard InChI is InChI=1S/C11H16ClN3O3S/c1-7-4-8(5-9(13)11(7)12)19(17,18)14-6-10(16)15(2)3/h4-5,14H,6,13H2,1-3H3. The van der Waals surface area contributed by atoms with Gasteiger partial charge in [0.1, 0.15) is 0 Å². The van der Waals surface area contributed by atoms with Gasteiger partial charge in [-0.2, -0.15) is 0 Å². The van der Waals surface area contributed by atoms with E-state index in [0.717, 1.165) is 0 Å². The molecule has 0 radical (unpaired) electrons. The Morgan fingerprint density at radius 2 is 2.00 bits per heavy atom. The summed E-state index contributed by atoms with van der Waals surface area (Å²) in [5.74, 6) is -0.345. The smallest absolute Gasteiger partial charge is 0.241 e. The lowest BCUT2D eigenvalue weighted by Gasteiger charge is -2.12.